The summed E-state index contributed by atoms with van der Waals surface area (Å²) in [4.78, 5) is 1.27. The highest BCUT2D eigenvalue weighted by Crippen LogP contribution is 2.28. The highest BCUT2D eigenvalue weighted by Gasteiger charge is 2.02. The second-order valence-electron chi connectivity index (χ2n) is 4.43. The van der Waals surface area contributed by atoms with Crippen molar-refractivity contribution >= 4 is 17.4 Å². The number of thioether (sulfide) groups is 1. The van der Waals surface area contributed by atoms with Gasteiger partial charge in [0, 0.05) is 16.3 Å². The van der Waals surface area contributed by atoms with E-state index in [1.54, 1.807) is 0 Å². The van der Waals surface area contributed by atoms with Crippen LogP contribution >= 0.6 is 11.8 Å². The van der Waals surface area contributed by atoms with Crippen LogP contribution in [0.1, 0.15) is 23.6 Å². The van der Waals surface area contributed by atoms with Gasteiger partial charge in [0.1, 0.15) is 0 Å². The monoisotopic (exact) mass is 257 g/mol. The van der Waals surface area contributed by atoms with E-state index in [1.807, 2.05) is 23.9 Å². The van der Waals surface area contributed by atoms with Gasteiger partial charge in [0.25, 0.3) is 0 Å². The Morgan fingerprint density at radius 1 is 1.00 bits per heavy atom. The molecule has 0 atom stereocenters. The summed E-state index contributed by atoms with van der Waals surface area (Å²) in [6, 6.07) is 15.0. The summed E-state index contributed by atoms with van der Waals surface area (Å²) in [6.07, 6.45) is 1.10. The third-order valence-electron chi connectivity index (χ3n) is 3.15. The maximum atomic E-state index is 5.91. The maximum Gasteiger partial charge on any atom is 0.0354 e. The van der Waals surface area contributed by atoms with Crippen LogP contribution in [0.25, 0.3) is 0 Å². The summed E-state index contributed by atoms with van der Waals surface area (Å²) < 4.78 is 0. The molecule has 2 aromatic carbocycles. The van der Waals surface area contributed by atoms with Crippen molar-refractivity contribution in [3.63, 3.8) is 0 Å². The topological polar surface area (TPSA) is 26.0 Å². The number of benzene rings is 2. The Bertz CT molecular complexity index is 517. The Morgan fingerprint density at radius 3 is 2.33 bits per heavy atom. The van der Waals surface area contributed by atoms with Gasteiger partial charge in [0.2, 0.25) is 0 Å². The quantitative estimate of drug-likeness (QED) is 0.647. The molecule has 0 heterocycles. The summed E-state index contributed by atoms with van der Waals surface area (Å²) in [6.45, 7) is 4.26. The third-order valence-corrected chi connectivity index (χ3v) is 4.38. The standard InChI is InChI=1S/C16H19NS/c1-3-13-7-9-14(10-8-13)11-18-16-6-4-5-15(17)12(16)2/h4-10H,3,11,17H2,1-2H3. The van der Waals surface area contributed by atoms with Crippen molar-refractivity contribution in [3.8, 4) is 0 Å². The van der Waals surface area contributed by atoms with Crippen molar-refractivity contribution in [2.24, 2.45) is 0 Å². The molecule has 0 aromatic heterocycles. The fourth-order valence-corrected chi connectivity index (χ4v) is 2.84. The van der Waals surface area contributed by atoms with E-state index in [9.17, 15) is 0 Å². The summed E-state index contributed by atoms with van der Waals surface area (Å²) in [5.74, 6) is 0.994. The zero-order chi connectivity index (χ0) is 13.0. The Kier molecular flexibility index (Phi) is 4.32. The second kappa shape index (κ2) is 5.96. The third kappa shape index (κ3) is 3.08. The lowest BCUT2D eigenvalue weighted by molar-refractivity contribution is 1.13. The number of rotatable bonds is 4. The lowest BCUT2D eigenvalue weighted by Crippen LogP contribution is -1.91. The Labute approximate surface area is 113 Å². The first-order valence-electron chi connectivity index (χ1n) is 6.26. The van der Waals surface area contributed by atoms with Crippen LogP contribution in [-0.4, -0.2) is 0 Å². The predicted octanol–water partition coefficient (Wildman–Crippen LogP) is 4.43. The van der Waals surface area contributed by atoms with Crippen molar-refractivity contribution < 1.29 is 0 Å². The minimum absolute atomic E-state index is 0.876. The number of anilines is 1. The molecule has 2 N–H and O–H groups in total. The maximum absolute atomic E-state index is 5.91. The van der Waals surface area contributed by atoms with Crippen molar-refractivity contribution in [1.29, 1.82) is 0 Å². The molecule has 0 aliphatic heterocycles. The van der Waals surface area contributed by atoms with Crippen LogP contribution in [0.5, 0.6) is 0 Å². The van der Waals surface area contributed by atoms with Gasteiger partial charge in [-0.05, 0) is 42.2 Å². The first kappa shape index (κ1) is 13.0. The molecule has 0 bridgehead atoms. The normalized spacial score (nSPS) is 10.6. The van der Waals surface area contributed by atoms with Crippen LogP contribution in [0.4, 0.5) is 5.69 Å². The van der Waals surface area contributed by atoms with Crippen LogP contribution in [0.2, 0.25) is 0 Å². The van der Waals surface area contributed by atoms with E-state index >= 15 is 0 Å². The van der Waals surface area contributed by atoms with Gasteiger partial charge in [-0.2, -0.15) is 0 Å². The highest BCUT2D eigenvalue weighted by molar-refractivity contribution is 7.98. The predicted molar refractivity (Wildman–Crippen MR) is 81.0 cm³/mol. The van der Waals surface area contributed by atoms with Crippen molar-refractivity contribution in [3.05, 3.63) is 59.2 Å². The minimum atomic E-state index is 0.876. The van der Waals surface area contributed by atoms with Crippen LogP contribution < -0.4 is 5.73 Å². The largest absolute Gasteiger partial charge is 0.398 e. The van der Waals surface area contributed by atoms with Gasteiger partial charge in [0.15, 0.2) is 0 Å². The molecule has 0 aliphatic carbocycles. The van der Waals surface area contributed by atoms with Gasteiger partial charge in [-0.25, -0.2) is 0 Å². The molecule has 0 radical (unpaired) electrons. The van der Waals surface area contributed by atoms with E-state index in [0.717, 1.165) is 17.9 Å². The molecular formula is C16H19NS. The highest BCUT2D eigenvalue weighted by atomic mass is 32.2. The van der Waals surface area contributed by atoms with Gasteiger partial charge in [-0.3, -0.25) is 0 Å². The average Bonchev–Trinajstić information content (AvgIpc) is 2.41. The lowest BCUT2D eigenvalue weighted by Gasteiger charge is -2.08. The molecule has 2 aromatic rings. The fraction of sp³-hybridized carbons (Fsp3) is 0.250. The molecule has 18 heavy (non-hydrogen) atoms. The molecule has 2 rings (SSSR count). The number of hydrogen-bond acceptors (Lipinski definition) is 2. The molecule has 0 unspecified atom stereocenters. The van der Waals surface area contributed by atoms with Gasteiger partial charge in [-0.1, -0.05) is 37.3 Å². The van der Waals surface area contributed by atoms with E-state index in [4.69, 9.17) is 5.73 Å². The summed E-state index contributed by atoms with van der Waals surface area (Å²) in [5.41, 5.74) is 10.7. The zero-order valence-electron chi connectivity index (χ0n) is 10.9. The van der Waals surface area contributed by atoms with Gasteiger partial charge < -0.3 is 5.73 Å². The molecule has 2 heteroatoms. The Morgan fingerprint density at radius 2 is 1.67 bits per heavy atom. The van der Waals surface area contributed by atoms with E-state index in [1.165, 1.54) is 21.6 Å². The van der Waals surface area contributed by atoms with E-state index in [0.29, 0.717) is 0 Å². The number of nitrogen functional groups attached to an aromatic ring is 1. The Hall–Kier alpha value is -1.41. The zero-order valence-corrected chi connectivity index (χ0v) is 11.8. The van der Waals surface area contributed by atoms with Crippen LogP contribution in [0.3, 0.4) is 0 Å². The summed E-state index contributed by atoms with van der Waals surface area (Å²) >= 11 is 1.85. The van der Waals surface area contributed by atoms with Gasteiger partial charge >= 0.3 is 0 Å². The molecule has 1 nitrogen and oxygen atoms in total. The van der Waals surface area contributed by atoms with E-state index < -0.39 is 0 Å². The molecular weight excluding hydrogens is 238 g/mol. The smallest absolute Gasteiger partial charge is 0.0354 e. The lowest BCUT2D eigenvalue weighted by atomic mass is 10.1. The molecule has 0 saturated heterocycles. The molecule has 0 fully saturated rings. The van der Waals surface area contributed by atoms with Crippen molar-refractivity contribution in [1.82, 2.24) is 0 Å². The van der Waals surface area contributed by atoms with Crippen LogP contribution in [-0.2, 0) is 12.2 Å². The molecule has 0 aliphatic rings. The Balaban J connectivity index is 2.04. The van der Waals surface area contributed by atoms with Crippen molar-refractivity contribution in [2.45, 2.75) is 30.9 Å². The number of hydrogen-bond donors (Lipinski definition) is 1. The fourth-order valence-electron chi connectivity index (χ4n) is 1.82. The summed E-state index contributed by atoms with van der Waals surface area (Å²) in [7, 11) is 0. The average molecular weight is 257 g/mol. The molecule has 0 amide bonds. The van der Waals surface area contributed by atoms with Gasteiger partial charge in [0.05, 0.1) is 0 Å². The molecule has 94 valence electrons. The first-order valence-corrected chi connectivity index (χ1v) is 7.25. The number of nitrogens with two attached hydrogens (primary N) is 1. The molecule has 0 saturated carbocycles. The number of aryl methyl sites for hydroxylation is 1. The molecule has 0 spiro atoms. The van der Waals surface area contributed by atoms with E-state index in [-0.39, 0.29) is 0 Å². The van der Waals surface area contributed by atoms with Crippen LogP contribution in [0.15, 0.2) is 47.4 Å². The van der Waals surface area contributed by atoms with Gasteiger partial charge in [-0.15, -0.1) is 11.8 Å². The summed E-state index contributed by atoms with van der Waals surface area (Å²) in [5, 5.41) is 0. The SMILES string of the molecule is CCc1ccc(CSc2cccc(N)c2C)cc1. The minimum Gasteiger partial charge on any atom is -0.398 e. The van der Waals surface area contributed by atoms with Crippen LogP contribution in [0, 0.1) is 6.92 Å². The van der Waals surface area contributed by atoms with Crippen molar-refractivity contribution in [2.75, 3.05) is 5.73 Å². The second-order valence-corrected chi connectivity index (χ2v) is 5.45. The first-order chi connectivity index (χ1) is 8.70. The van der Waals surface area contributed by atoms with E-state index in [2.05, 4.69) is 44.2 Å².